The Morgan fingerprint density at radius 2 is 2.11 bits per heavy atom. The van der Waals surface area contributed by atoms with Crippen LogP contribution in [0.25, 0.3) is 22.2 Å². The lowest BCUT2D eigenvalue weighted by Gasteiger charge is -2.06. The lowest BCUT2D eigenvalue weighted by Crippen LogP contribution is -1.86. The van der Waals surface area contributed by atoms with Crippen LogP contribution in [0.3, 0.4) is 0 Å². The van der Waals surface area contributed by atoms with E-state index in [9.17, 15) is 5.11 Å². The van der Waals surface area contributed by atoms with Crippen LogP contribution in [0.15, 0.2) is 36.4 Å². The zero-order chi connectivity index (χ0) is 13.4. The minimum atomic E-state index is 0.133. The maximum Gasteiger partial charge on any atom is 0.125 e. The van der Waals surface area contributed by atoms with Crippen molar-refractivity contribution < 1.29 is 9.84 Å². The molecule has 5 heteroatoms. The van der Waals surface area contributed by atoms with Gasteiger partial charge < -0.3 is 9.84 Å². The van der Waals surface area contributed by atoms with Crippen LogP contribution in [0.5, 0.6) is 11.5 Å². The number of fused-ring (bicyclic) bond motifs is 1. The molecule has 0 saturated carbocycles. The molecule has 0 unspecified atom stereocenters. The third-order valence-corrected chi connectivity index (χ3v) is 3.31. The molecule has 0 bridgehead atoms. The van der Waals surface area contributed by atoms with Crippen molar-refractivity contribution in [2.24, 2.45) is 0 Å². The van der Waals surface area contributed by atoms with Crippen molar-refractivity contribution in [3.05, 3.63) is 41.4 Å². The van der Waals surface area contributed by atoms with Gasteiger partial charge in [-0.25, -0.2) is 0 Å². The lowest BCUT2D eigenvalue weighted by atomic mass is 10.1. The van der Waals surface area contributed by atoms with Crippen molar-refractivity contribution in [3.63, 3.8) is 0 Å². The first-order valence-corrected chi connectivity index (χ1v) is 6.08. The second kappa shape index (κ2) is 4.48. The van der Waals surface area contributed by atoms with E-state index in [2.05, 4.69) is 10.2 Å². The van der Waals surface area contributed by atoms with Crippen molar-refractivity contribution >= 4 is 22.5 Å². The van der Waals surface area contributed by atoms with E-state index < -0.39 is 0 Å². The number of rotatable bonds is 2. The first kappa shape index (κ1) is 11.9. The Hall–Kier alpha value is -2.20. The van der Waals surface area contributed by atoms with E-state index in [0.29, 0.717) is 22.0 Å². The molecule has 0 aliphatic heterocycles. The molecule has 0 atom stereocenters. The normalized spacial score (nSPS) is 10.8. The number of hydrogen-bond donors (Lipinski definition) is 2. The molecule has 0 fully saturated rings. The molecule has 0 amide bonds. The van der Waals surface area contributed by atoms with Gasteiger partial charge in [0.2, 0.25) is 0 Å². The van der Waals surface area contributed by atoms with E-state index in [0.717, 1.165) is 10.9 Å². The maximum atomic E-state index is 10.0. The minimum Gasteiger partial charge on any atom is -0.507 e. The second-order valence-electron chi connectivity index (χ2n) is 4.12. The topological polar surface area (TPSA) is 58.1 Å². The van der Waals surface area contributed by atoms with Crippen LogP contribution in [0.2, 0.25) is 5.02 Å². The van der Waals surface area contributed by atoms with E-state index in [1.165, 1.54) is 0 Å². The average Bonchev–Trinajstić information content (AvgIpc) is 2.85. The molecule has 0 radical (unpaired) electrons. The Morgan fingerprint density at radius 3 is 2.89 bits per heavy atom. The van der Waals surface area contributed by atoms with E-state index in [1.54, 1.807) is 31.4 Å². The summed E-state index contributed by atoms with van der Waals surface area (Å²) in [5.41, 5.74) is 2.01. The van der Waals surface area contributed by atoms with E-state index in [4.69, 9.17) is 16.3 Å². The van der Waals surface area contributed by atoms with Gasteiger partial charge in [-0.2, -0.15) is 5.10 Å². The molecule has 1 aromatic heterocycles. The predicted octanol–water partition coefficient (Wildman–Crippen LogP) is 3.60. The number of aromatic hydroxyl groups is 1. The van der Waals surface area contributed by atoms with Gasteiger partial charge in [-0.05, 0) is 30.3 Å². The molecule has 4 nitrogen and oxygen atoms in total. The highest BCUT2D eigenvalue weighted by atomic mass is 35.5. The molecule has 2 aromatic carbocycles. The summed E-state index contributed by atoms with van der Waals surface area (Å²) >= 11 is 6.21. The largest absolute Gasteiger partial charge is 0.507 e. The maximum absolute atomic E-state index is 10.0. The number of methoxy groups -OCH3 is 1. The molecule has 0 aliphatic carbocycles. The van der Waals surface area contributed by atoms with Crippen LogP contribution < -0.4 is 4.74 Å². The Bertz CT molecular complexity index is 752. The fourth-order valence-corrected chi connectivity index (χ4v) is 2.32. The summed E-state index contributed by atoms with van der Waals surface area (Å²) < 4.78 is 5.17. The van der Waals surface area contributed by atoms with Crippen molar-refractivity contribution in [1.29, 1.82) is 0 Å². The SMILES string of the molecule is COc1ccc(O)c(-c2n[nH]c3cccc(Cl)c23)c1. The Kier molecular flexibility index (Phi) is 2.80. The fraction of sp³-hybridized carbons (Fsp3) is 0.0714. The highest BCUT2D eigenvalue weighted by molar-refractivity contribution is 6.36. The molecule has 96 valence electrons. The third-order valence-electron chi connectivity index (χ3n) is 3.00. The van der Waals surface area contributed by atoms with Gasteiger partial charge in [0.1, 0.15) is 17.2 Å². The number of H-pyrrole nitrogens is 1. The zero-order valence-electron chi connectivity index (χ0n) is 10.1. The highest BCUT2D eigenvalue weighted by Gasteiger charge is 2.15. The van der Waals surface area contributed by atoms with E-state index >= 15 is 0 Å². The number of phenolic OH excluding ortho intramolecular Hbond substituents is 1. The molecule has 0 spiro atoms. The number of nitrogens with zero attached hydrogens (tertiary/aromatic N) is 1. The minimum absolute atomic E-state index is 0.133. The van der Waals surface area contributed by atoms with Gasteiger partial charge in [0, 0.05) is 10.9 Å². The number of benzene rings is 2. The standard InChI is InChI=1S/C14H11ClN2O2/c1-19-8-5-6-12(18)9(7-8)14-13-10(15)3-2-4-11(13)16-17-14/h2-7,18H,1H3,(H,16,17). The summed E-state index contributed by atoms with van der Waals surface area (Å²) in [6.45, 7) is 0. The predicted molar refractivity (Wildman–Crippen MR) is 74.8 cm³/mol. The molecule has 1 heterocycles. The molecule has 0 saturated heterocycles. The van der Waals surface area contributed by atoms with Crippen LogP contribution >= 0.6 is 11.6 Å². The number of phenols is 1. The molecule has 19 heavy (non-hydrogen) atoms. The summed E-state index contributed by atoms with van der Waals surface area (Å²) in [4.78, 5) is 0. The summed E-state index contributed by atoms with van der Waals surface area (Å²) in [5, 5.41) is 18.5. The van der Waals surface area contributed by atoms with Gasteiger partial charge in [0.05, 0.1) is 17.6 Å². The summed E-state index contributed by atoms with van der Waals surface area (Å²) in [7, 11) is 1.58. The average molecular weight is 275 g/mol. The Labute approximate surface area is 114 Å². The number of ether oxygens (including phenoxy) is 1. The Morgan fingerprint density at radius 1 is 1.26 bits per heavy atom. The monoisotopic (exact) mass is 274 g/mol. The number of aromatic amines is 1. The van der Waals surface area contributed by atoms with Crippen molar-refractivity contribution in [1.82, 2.24) is 10.2 Å². The first-order valence-electron chi connectivity index (χ1n) is 5.70. The van der Waals surface area contributed by atoms with Gasteiger partial charge in [-0.1, -0.05) is 17.7 Å². The molecule has 2 N–H and O–H groups in total. The number of nitrogens with one attached hydrogen (secondary N) is 1. The molecule has 0 aliphatic rings. The van der Waals surface area contributed by atoms with Gasteiger partial charge >= 0.3 is 0 Å². The second-order valence-corrected chi connectivity index (χ2v) is 4.52. The molecule has 3 aromatic rings. The van der Waals surface area contributed by atoms with Crippen molar-refractivity contribution in [2.45, 2.75) is 0 Å². The summed E-state index contributed by atoms with van der Waals surface area (Å²) in [6, 6.07) is 10.5. The zero-order valence-corrected chi connectivity index (χ0v) is 10.9. The summed E-state index contributed by atoms with van der Waals surface area (Å²) in [6.07, 6.45) is 0. The number of halogens is 1. The van der Waals surface area contributed by atoms with Crippen molar-refractivity contribution in [3.8, 4) is 22.8 Å². The molecular weight excluding hydrogens is 264 g/mol. The lowest BCUT2D eigenvalue weighted by molar-refractivity contribution is 0.412. The van der Waals surface area contributed by atoms with Crippen LogP contribution in [0, 0.1) is 0 Å². The van der Waals surface area contributed by atoms with E-state index in [1.807, 2.05) is 12.1 Å². The van der Waals surface area contributed by atoms with Crippen LogP contribution in [0.4, 0.5) is 0 Å². The smallest absolute Gasteiger partial charge is 0.125 e. The number of hydrogen-bond acceptors (Lipinski definition) is 3. The summed E-state index contributed by atoms with van der Waals surface area (Å²) in [5.74, 6) is 0.783. The molecule has 3 rings (SSSR count). The van der Waals surface area contributed by atoms with Gasteiger partial charge in [-0.3, -0.25) is 5.10 Å². The first-order chi connectivity index (χ1) is 9.20. The van der Waals surface area contributed by atoms with Gasteiger partial charge in [-0.15, -0.1) is 0 Å². The number of aromatic nitrogens is 2. The molecular formula is C14H11ClN2O2. The van der Waals surface area contributed by atoms with Crippen LogP contribution in [0.1, 0.15) is 0 Å². The Balaban J connectivity index is 2.30. The quantitative estimate of drug-likeness (QED) is 0.751. The van der Waals surface area contributed by atoms with E-state index in [-0.39, 0.29) is 5.75 Å². The van der Waals surface area contributed by atoms with Crippen LogP contribution in [-0.4, -0.2) is 22.4 Å². The van der Waals surface area contributed by atoms with Gasteiger partial charge in [0.15, 0.2) is 0 Å². The fourth-order valence-electron chi connectivity index (χ4n) is 2.06. The van der Waals surface area contributed by atoms with Crippen LogP contribution in [-0.2, 0) is 0 Å². The highest BCUT2D eigenvalue weighted by Crippen LogP contribution is 2.37. The van der Waals surface area contributed by atoms with Gasteiger partial charge in [0.25, 0.3) is 0 Å². The third kappa shape index (κ3) is 1.90. The van der Waals surface area contributed by atoms with Crippen molar-refractivity contribution in [2.75, 3.05) is 7.11 Å².